The monoisotopic (exact) mass is 531 g/mol. The molecule has 0 atom stereocenters. The lowest BCUT2D eigenvalue weighted by Crippen LogP contribution is -2.35. The van der Waals surface area contributed by atoms with Crippen LogP contribution in [0.4, 0.5) is 10.1 Å². The van der Waals surface area contributed by atoms with Crippen molar-refractivity contribution in [1.82, 2.24) is 10.1 Å². The van der Waals surface area contributed by atoms with Crippen molar-refractivity contribution in [3.63, 3.8) is 0 Å². The first-order valence-electron chi connectivity index (χ1n) is 15.3. The number of ketones is 1. The van der Waals surface area contributed by atoms with Gasteiger partial charge in [-0.1, -0.05) is 18.0 Å². The largest absolute Gasteiger partial charge is 0.372 e. The van der Waals surface area contributed by atoms with E-state index in [0.29, 0.717) is 29.6 Å². The first-order chi connectivity index (χ1) is 19.1. The minimum atomic E-state index is -0.231. The molecule has 1 aliphatic carbocycles. The van der Waals surface area contributed by atoms with E-state index in [1.54, 1.807) is 12.1 Å². The van der Waals surface area contributed by atoms with E-state index in [2.05, 4.69) is 27.1 Å². The van der Waals surface area contributed by atoms with Crippen molar-refractivity contribution >= 4 is 22.4 Å². The third kappa shape index (κ3) is 6.37. The molecule has 0 amide bonds. The van der Waals surface area contributed by atoms with E-state index in [0.717, 1.165) is 68.1 Å². The topological polar surface area (TPSA) is 49.6 Å². The van der Waals surface area contributed by atoms with Crippen LogP contribution in [0, 0.1) is 17.7 Å². The maximum atomic E-state index is 13.7. The van der Waals surface area contributed by atoms with Gasteiger partial charge in [-0.2, -0.15) is 0 Å². The number of rotatable bonds is 8. The minimum Gasteiger partial charge on any atom is -0.372 e. The molecule has 0 spiro atoms. The molecule has 1 saturated carbocycles. The normalized spacial score (nSPS) is 23.4. The zero-order valence-corrected chi connectivity index (χ0v) is 23.1. The number of likely N-dealkylation sites (tertiary alicyclic amines) is 1. The van der Waals surface area contributed by atoms with E-state index in [4.69, 9.17) is 4.52 Å². The van der Waals surface area contributed by atoms with Gasteiger partial charge < -0.3 is 14.3 Å². The third-order valence-corrected chi connectivity index (χ3v) is 9.64. The summed E-state index contributed by atoms with van der Waals surface area (Å²) in [6, 6.07) is 13.0. The van der Waals surface area contributed by atoms with Gasteiger partial charge in [-0.05, 0) is 125 Å². The predicted octanol–water partition coefficient (Wildman–Crippen LogP) is 7.61. The Bertz CT molecular complexity index is 1230. The Morgan fingerprint density at radius 1 is 0.872 bits per heavy atom. The van der Waals surface area contributed by atoms with Crippen molar-refractivity contribution < 1.29 is 13.7 Å². The van der Waals surface area contributed by atoms with Gasteiger partial charge in [0.15, 0.2) is 11.4 Å². The zero-order chi connectivity index (χ0) is 26.6. The second-order valence-electron chi connectivity index (χ2n) is 12.2. The molecule has 2 aromatic carbocycles. The van der Waals surface area contributed by atoms with Gasteiger partial charge in [0, 0.05) is 42.1 Å². The molecule has 6 rings (SSSR count). The zero-order valence-electron chi connectivity index (χ0n) is 23.1. The summed E-state index contributed by atoms with van der Waals surface area (Å²) in [6.45, 7) is 5.55. The third-order valence-electron chi connectivity index (χ3n) is 9.64. The SMILES string of the molecule is O=C(CC1CCC(CCN2CCC(c3noc4ccc(F)cc34)CC2)CC1)c1ccc(N2CCCCC2)cc1. The molecule has 0 radical (unpaired) electrons. The van der Waals surface area contributed by atoms with Crippen molar-refractivity contribution in [2.45, 2.75) is 76.5 Å². The predicted molar refractivity (Wildman–Crippen MR) is 154 cm³/mol. The summed E-state index contributed by atoms with van der Waals surface area (Å²) in [4.78, 5) is 18.0. The number of hydrogen-bond donors (Lipinski definition) is 0. The maximum Gasteiger partial charge on any atom is 0.167 e. The average molecular weight is 532 g/mol. The fraction of sp³-hybridized carbons (Fsp3) is 0.576. The fourth-order valence-electron chi connectivity index (χ4n) is 7.13. The van der Waals surface area contributed by atoms with Crippen molar-refractivity contribution in [1.29, 1.82) is 0 Å². The van der Waals surface area contributed by atoms with Crippen molar-refractivity contribution in [2.75, 3.05) is 37.6 Å². The Labute approximate surface area is 231 Å². The Kier molecular flexibility index (Phi) is 8.29. The van der Waals surface area contributed by atoms with Gasteiger partial charge >= 0.3 is 0 Å². The molecule has 3 fully saturated rings. The highest BCUT2D eigenvalue weighted by Gasteiger charge is 2.27. The van der Waals surface area contributed by atoms with Crippen LogP contribution in [-0.2, 0) is 0 Å². The number of anilines is 1. The van der Waals surface area contributed by atoms with E-state index in [1.165, 1.54) is 63.1 Å². The van der Waals surface area contributed by atoms with Gasteiger partial charge in [0.2, 0.25) is 0 Å². The molecule has 208 valence electrons. The molecule has 1 aromatic heterocycles. The van der Waals surface area contributed by atoms with Crippen LogP contribution in [0.1, 0.15) is 92.6 Å². The number of Topliss-reactive ketones (excluding diaryl/α,β-unsaturated/α-hetero) is 1. The van der Waals surface area contributed by atoms with E-state index in [9.17, 15) is 9.18 Å². The van der Waals surface area contributed by atoms with E-state index in [-0.39, 0.29) is 5.82 Å². The molecule has 0 N–H and O–H groups in total. The first kappa shape index (κ1) is 26.5. The number of benzene rings is 2. The molecule has 2 aliphatic heterocycles. The smallest absolute Gasteiger partial charge is 0.167 e. The van der Waals surface area contributed by atoms with Gasteiger partial charge in [0.1, 0.15) is 5.82 Å². The van der Waals surface area contributed by atoms with E-state index >= 15 is 0 Å². The first-order valence-corrected chi connectivity index (χ1v) is 15.3. The Morgan fingerprint density at radius 2 is 1.59 bits per heavy atom. The quantitative estimate of drug-likeness (QED) is 0.280. The summed E-state index contributed by atoms with van der Waals surface area (Å²) in [5.41, 5.74) is 3.75. The summed E-state index contributed by atoms with van der Waals surface area (Å²) in [5, 5.41) is 5.12. The molecule has 5 nitrogen and oxygen atoms in total. The van der Waals surface area contributed by atoms with Gasteiger partial charge in [0.05, 0.1) is 5.69 Å². The van der Waals surface area contributed by atoms with Crippen LogP contribution >= 0.6 is 0 Å². The van der Waals surface area contributed by atoms with Gasteiger partial charge in [-0.15, -0.1) is 0 Å². The van der Waals surface area contributed by atoms with Gasteiger partial charge in [-0.25, -0.2) is 4.39 Å². The molecule has 6 heteroatoms. The second-order valence-corrected chi connectivity index (χ2v) is 12.2. The van der Waals surface area contributed by atoms with Crippen LogP contribution in [0.15, 0.2) is 47.0 Å². The molecule has 0 unspecified atom stereocenters. The lowest BCUT2D eigenvalue weighted by Gasteiger charge is -2.34. The van der Waals surface area contributed by atoms with Crippen LogP contribution in [0.25, 0.3) is 11.0 Å². The standard InChI is InChI=1S/C33H42FN3O2/c34-28-10-13-32-30(23-28)33(35-39-32)27-15-20-36(21-16-27)19-14-24-4-6-25(7-5-24)22-31(38)26-8-11-29(12-9-26)37-17-2-1-3-18-37/h8-13,23-25,27H,1-7,14-22H2. The number of fused-ring (bicyclic) bond motifs is 1. The lowest BCUT2D eigenvalue weighted by atomic mass is 9.78. The van der Waals surface area contributed by atoms with Crippen LogP contribution in [-0.4, -0.2) is 48.6 Å². The number of halogens is 1. The molecule has 3 aliphatic rings. The molecule has 39 heavy (non-hydrogen) atoms. The summed E-state index contributed by atoms with van der Waals surface area (Å²) in [5.74, 6) is 1.74. The van der Waals surface area contributed by atoms with Gasteiger partial charge in [-0.3, -0.25) is 4.79 Å². The number of carbonyl (C=O) groups excluding carboxylic acids is 1. The summed E-state index contributed by atoms with van der Waals surface area (Å²) in [7, 11) is 0. The minimum absolute atomic E-state index is 0.231. The Balaban J connectivity index is 0.906. The molecule has 0 bridgehead atoms. The Hall–Kier alpha value is -2.73. The highest BCUT2D eigenvalue weighted by molar-refractivity contribution is 5.96. The molecular weight excluding hydrogens is 489 g/mol. The number of aromatic nitrogens is 1. The molecule has 3 aromatic rings. The van der Waals surface area contributed by atoms with E-state index < -0.39 is 0 Å². The van der Waals surface area contributed by atoms with Crippen molar-refractivity contribution in [3.8, 4) is 0 Å². The molecular formula is C33H42FN3O2. The van der Waals surface area contributed by atoms with Crippen molar-refractivity contribution in [2.24, 2.45) is 11.8 Å². The van der Waals surface area contributed by atoms with Crippen LogP contribution in [0.3, 0.4) is 0 Å². The maximum absolute atomic E-state index is 13.7. The van der Waals surface area contributed by atoms with Crippen LogP contribution in [0.2, 0.25) is 0 Å². The average Bonchev–Trinajstić information content (AvgIpc) is 3.40. The summed E-state index contributed by atoms with van der Waals surface area (Å²) >= 11 is 0. The highest BCUT2D eigenvalue weighted by Crippen LogP contribution is 2.36. The number of nitrogens with zero attached hydrogens (tertiary/aromatic N) is 3. The fourth-order valence-corrected chi connectivity index (χ4v) is 7.13. The van der Waals surface area contributed by atoms with Crippen LogP contribution in [0.5, 0.6) is 0 Å². The molecule has 3 heterocycles. The number of carbonyl (C=O) groups is 1. The van der Waals surface area contributed by atoms with Crippen LogP contribution < -0.4 is 4.90 Å². The highest BCUT2D eigenvalue weighted by atomic mass is 19.1. The van der Waals surface area contributed by atoms with Gasteiger partial charge in [0.25, 0.3) is 0 Å². The number of hydrogen-bond acceptors (Lipinski definition) is 5. The number of piperidine rings is 2. The summed E-state index contributed by atoms with van der Waals surface area (Å²) in [6.07, 6.45) is 12.8. The Morgan fingerprint density at radius 3 is 2.33 bits per heavy atom. The molecule has 2 saturated heterocycles. The lowest BCUT2D eigenvalue weighted by molar-refractivity contribution is 0.0939. The summed E-state index contributed by atoms with van der Waals surface area (Å²) < 4.78 is 19.2. The van der Waals surface area contributed by atoms with E-state index in [1.807, 2.05) is 12.1 Å². The second kappa shape index (κ2) is 12.2. The van der Waals surface area contributed by atoms with Crippen molar-refractivity contribution in [3.05, 3.63) is 59.5 Å².